The first kappa shape index (κ1) is 9.39. The predicted molar refractivity (Wildman–Crippen MR) is 51.5 cm³/mol. The van der Waals surface area contributed by atoms with Crippen molar-refractivity contribution in [2.24, 2.45) is 0 Å². The number of hydrogen-bond donors (Lipinski definition) is 0. The molecule has 1 heterocycles. The molecule has 12 heavy (non-hydrogen) atoms. The Morgan fingerprint density at radius 3 is 2.75 bits per heavy atom. The van der Waals surface area contributed by atoms with Gasteiger partial charge >= 0.3 is 0 Å². The van der Waals surface area contributed by atoms with Crippen molar-refractivity contribution in [3.63, 3.8) is 0 Å². The van der Waals surface area contributed by atoms with Crippen molar-refractivity contribution in [3.05, 3.63) is 23.6 Å². The summed E-state index contributed by atoms with van der Waals surface area (Å²) in [6.07, 6.45) is 4.11. The van der Waals surface area contributed by atoms with E-state index >= 15 is 0 Å². The molecule has 1 rings (SSSR count). The molecule has 2 nitrogen and oxygen atoms in total. The first-order chi connectivity index (χ1) is 5.74. The molecule has 0 atom stereocenters. The van der Waals surface area contributed by atoms with E-state index in [0.29, 0.717) is 0 Å². The molecule has 0 bridgehead atoms. The number of hydrogen-bond acceptors (Lipinski definition) is 3. The summed E-state index contributed by atoms with van der Waals surface area (Å²) in [5, 5.41) is 0.767. The van der Waals surface area contributed by atoms with E-state index in [1.807, 2.05) is 26.8 Å². The summed E-state index contributed by atoms with van der Waals surface area (Å²) in [5.74, 6) is 1.84. The Labute approximate surface area is 77.1 Å². The minimum absolute atomic E-state index is 0.767. The quantitative estimate of drug-likeness (QED) is 0.532. The van der Waals surface area contributed by atoms with Gasteiger partial charge in [0.2, 0.25) is 0 Å². The molecular formula is C9H13NOS. The van der Waals surface area contributed by atoms with E-state index in [1.165, 1.54) is 0 Å². The van der Waals surface area contributed by atoms with Crippen LogP contribution in [-0.2, 0) is 0 Å². The Morgan fingerprint density at radius 2 is 2.25 bits per heavy atom. The van der Waals surface area contributed by atoms with Crippen molar-refractivity contribution in [2.75, 3.05) is 5.75 Å². The summed E-state index contributed by atoms with van der Waals surface area (Å²) in [4.78, 5) is 4.24. The number of aryl methyl sites for hydroxylation is 2. The SMILES string of the molecule is C/C=C/CSc1nc(C)c(C)o1. The first-order valence-corrected chi connectivity index (χ1v) is 4.90. The van der Waals surface area contributed by atoms with Crippen LogP contribution in [-0.4, -0.2) is 10.7 Å². The van der Waals surface area contributed by atoms with E-state index in [9.17, 15) is 0 Å². The largest absolute Gasteiger partial charge is 0.437 e. The van der Waals surface area contributed by atoms with Crippen molar-refractivity contribution in [1.82, 2.24) is 4.98 Å². The zero-order valence-electron chi connectivity index (χ0n) is 7.63. The molecule has 0 saturated heterocycles. The second-order valence-electron chi connectivity index (χ2n) is 2.50. The van der Waals surface area contributed by atoms with Gasteiger partial charge in [-0.25, -0.2) is 4.98 Å². The van der Waals surface area contributed by atoms with E-state index in [0.717, 1.165) is 22.4 Å². The van der Waals surface area contributed by atoms with E-state index in [1.54, 1.807) is 11.8 Å². The normalized spacial score (nSPS) is 11.2. The van der Waals surface area contributed by atoms with Gasteiger partial charge in [-0.3, -0.25) is 0 Å². The van der Waals surface area contributed by atoms with Crippen molar-refractivity contribution in [2.45, 2.75) is 26.0 Å². The molecule has 0 saturated carbocycles. The molecule has 0 aromatic carbocycles. The van der Waals surface area contributed by atoms with Gasteiger partial charge in [0, 0.05) is 5.75 Å². The van der Waals surface area contributed by atoms with Gasteiger partial charge in [0.15, 0.2) is 0 Å². The summed E-state index contributed by atoms with van der Waals surface area (Å²) in [6, 6.07) is 0. The van der Waals surface area contributed by atoms with E-state index < -0.39 is 0 Å². The first-order valence-electron chi connectivity index (χ1n) is 3.92. The lowest BCUT2D eigenvalue weighted by molar-refractivity contribution is 0.431. The highest BCUT2D eigenvalue weighted by Crippen LogP contribution is 2.19. The molecule has 0 radical (unpaired) electrons. The molecule has 0 unspecified atom stereocenters. The van der Waals surface area contributed by atoms with Gasteiger partial charge < -0.3 is 4.42 Å². The molecule has 0 spiro atoms. The summed E-state index contributed by atoms with van der Waals surface area (Å²) < 4.78 is 5.38. The number of thioether (sulfide) groups is 1. The maximum absolute atomic E-state index is 5.38. The number of oxazole rings is 1. The van der Waals surface area contributed by atoms with Crippen LogP contribution in [0.15, 0.2) is 21.8 Å². The molecule has 1 aromatic rings. The molecule has 0 amide bonds. The van der Waals surface area contributed by atoms with Gasteiger partial charge in [-0.2, -0.15) is 0 Å². The lowest BCUT2D eigenvalue weighted by atomic mass is 10.4. The fourth-order valence-electron chi connectivity index (χ4n) is 0.721. The predicted octanol–water partition coefficient (Wildman–Crippen LogP) is 2.96. The van der Waals surface area contributed by atoms with Crippen molar-refractivity contribution in [1.29, 1.82) is 0 Å². The highest BCUT2D eigenvalue weighted by Gasteiger charge is 2.03. The molecule has 0 aliphatic heterocycles. The zero-order valence-corrected chi connectivity index (χ0v) is 8.44. The number of nitrogens with zero attached hydrogens (tertiary/aromatic N) is 1. The second-order valence-corrected chi connectivity index (χ2v) is 3.47. The second kappa shape index (κ2) is 4.36. The van der Waals surface area contributed by atoms with Crippen LogP contribution in [0.1, 0.15) is 18.4 Å². The van der Waals surface area contributed by atoms with E-state index in [4.69, 9.17) is 4.42 Å². The van der Waals surface area contributed by atoms with E-state index in [2.05, 4.69) is 11.1 Å². The van der Waals surface area contributed by atoms with Crippen LogP contribution in [0.3, 0.4) is 0 Å². The third-order valence-electron chi connectivity index (χ3n) is 1.55. The summed E-state index contributed by atoms with van der Waals surface area (Å²) in [7, 11) is 0. The standard InChI is InChI=1S/C9H13NOS/c1-4-5-6-12-9-10-7(2)8(3)11-9/h4-5H,6H2,1-3H3/b5-4+. The lowest BCUT2D eigenvalue weighted by Crippen LogP contribution is -1.74. The summed E-state index contributed by atoms with van der Waals surface area (Å²) >= 11 is 1.62. The third-order valence-corrected chi connectivity index (χ3v) is 2.33. The average Bonchev–Trinajstić information content (AvgIpc) is 2.32. The van der Waals surface area contributed by atoms with Gasteiger partial charge in [0.05, 0.1) is 5.69 Å². The van der Waals surface area contributed by atoms with Gasteiger partial charge in [-0.05, 0) is 20.8 Å². The van der Waals surface area contributed by atoms with Crippen LogP contribution >= 0.6 is 11.8 Å². The van der Waals surface area contributed by atoms with Crippen LogP contribution in [0.5, 0.6) is 0 Å². The van der Waals surface area contributed by atoms with E-state index in [-0.39, 0.29) is 0 Å². The fourth-order valence-corrected chi connectivity index (χ4v) is 1.54. The molecule has 0 N–H and O–H groups in total. The fraction of sp³-hybridized carbons (Fsp3) is 0.444. The van der Waals surface area contributed by atoms with Crippen LogP contribution in [0, 0.1) is 13.8 Å². The average molecular weight is 183 g/mol. The maximum atomic E-state index is 5.38. The van der Waals surface area contributed by atoms with Crippen LogP contribution in [0.4, 0.5) is 0 Å². The minimum Gasteiger partial charge on any atom is -0.437 e. The van der Waals surface area contributed by atoms with Gasteiger partial charge in [0.1, 0.15) is 5.76 Å². The van der Waals surface area contributed by atoms with Crippen molar-refractivity contribution in [3.8, 4) is 0 Å². The molecule has 0 aliphatic rings. The summed E-state index contributed by atoms with van der Waals surface area (Å²) in [6.45, 7) is 5.90. The number of allylic oxidation sites excluding steroid dienone is 1. The molecular weight excluding hydrogens is 170 g/mol. The molecule has 3 heteroatoms. The maximum Gasteiger partial charge on any atom is 0.256 e. The zero-order chi connectivity index (χ0) is 8.97. The smallest absolute Gasteiger partial charge is 0.256 e. The number of aromatic nitrogens is 1. The highest BCUT2D eigenvalue weighted by atomic mass is 32.2. The van der Waals surface area contributed by atoms with Crippen LogP contribution < -0.4 is 0 Å². The minimum atomic E-state index is 0.767. The van der Waals surface area contributed by atoms with Crippen molar-refractivity contribution >= 4 is 11.8 Å². The highest BCUT2D eigenvalue weighted by molar-refractivity contribution is 7.99. The van der Waals surface area contributed by atoms with Crippen LogP contribution in [0.25, 0.3) is 0 Å². The molecule has 66 valence electrons. The Bertz CT molecular complexity index is 259. The van der Waals surface area contributed by atoms with Crippen molar-refractivity contribution < 1.29 is 4.42 Å². The molecule has 0 fully saturated rings. The van der Waals surface area contributed by atoms with Gasteiger partial charge in [0.25, 0.3) is 5.22 Å². The topological polar surface area (TPSA) is 26.0 Å². The Balaban J connectivity index is 2.52. The summed E-state index contributed by atoms with van der Waals surface area (Å²) in [5.41, 5.74) is 0.984. The Morgan fingerprint density at radius 1 is 1.50 bits per heavy atom. The number of rotatable bonds is 3. The Kier molecular flexibility index (Phi) is 3.41. The lowest BCUT2D eigenvalue weighted by Gasteiger charge is -1.87. The van der Waals surface area contributed by atoms with Gasteiger partial charge in [-0.15, -0.1) is 0 Å². The van der Waals surface area contributed by atoms with Crippen LogP contribution in [0.2, 0.25) is 0 Å². The molecule has 1 aromatic heterocycles. The Hall–Kier alpha value is -0.700. The molecule has 0 aliphatic carbocycles. The third kappa shape index (κ3) is 2.41. The van der Waals surface area contributed by atoms with Gasteiger partial charge in [-0.1, -0.05) is 23.9 Å². The monoisotopic (exact) mass is 183 g/mol.